The Bertz CT molecular complexity index is 711. The van der Waals surface area contributed by atoms with Crippen molar-refractivity contribution in [1.82, 2.24) is 9.97 Å². The van der Waals surface area contributed by atoms with E-state index in [9.17, 15) is 0 Å². The van der Waals surface area contributed by atoms with Crippen molar-refractivity contribution in [1.29, 1.82) is 0 Å². The van der Waals surface area contributed by atoms with Crippen molar-refractivity contribution < 1.29 is 4.74 Å². The highest BCUT2D eigenvalue weighted by Gasteiger charge is 2.18. The lowest BCUT2D eigenvalue weighted by atomic mass is 10.1. The number of aryl methyl sites for hydroxylation is 1. The van der Waals surface area contributed by atoms with E-state index in [4.69, 9.17) is 4.74 Å². The highest BCUT2D eigenvalue weighted by atomic mass is 16.5. The Morgan fingerprint density at radius 2 is 1.88 bits per heavy atom. The van der Waals surface area contributed by atoms with Gasteiger partial charge in [-0.15, -0.1) is 0 Å². The second-order valence-electron chi connectivity index (χ2n) is 6.55. The molecule has 3 heterocycles. The summed E-state index contributed by atoms with van der Waals surface area (Å²) in [6.07, 6.45) is 7.12. The van der Waals surface area contributed by atoms with Gasteiger partial charge in [0, 0.05) is 48.1 Å². The fourth-order valence-electron chi connectivity index (χ4n) is 3.19. The number of nitrogens with zero attached hydrogens (tertiary/aromatic N) is 3. The van der Waals surface area contributed by atoms with Crippen molar-refractivity contribution >= 4 is 17.2 Å². The zero-order valence-electron chi connectivity index (χ0n) is 15.5. The van der Waals surface area contributed by atoms with Crippen LogP contribution in [-0.4, -0.2) is 36.3 Å². The minimum atomic E-state index is 0.793. The fraction of sp³-hybridized carbons (Fsp3) is 0.500. The first-order chi connectivity index (χ1) is 12.2. The van der Waals surface area contributed by atoms with Crippen LogP contribution in [0.25, 0.3) is 0 Å². The predicted octanol–water partition coefficient (Wildman–Crippen LogP) is 4.02. The summed E-state index contributed by atoms with van der Waals surface area (Å²) in [4.78, 5) is 11.4. The summed E-state index contributed by atoms with van der Waals surface area (Å²) >= 11 is 0. The van der Waals surface area contributed by atoms with Crippen molar-refractivity contribution in [3.05, 3.63) is 41.3 Å². The Morgan fingerprint density at radius 3 is 2.64 bits per heavy atom. The Labute approximate surface area is 150 Å². The Morgan fingerprint density at radius 1 is 1.12 bits per heavy atom. The van der Waals surface area contributed by atoms with Gasteiger partial charge in [-0.25, -0.2) is 4.98 Å². The van der Waals surface area contributed by atoms with Crippen molar-refractivity contribution in [2.24, 2.45) is 0 Å². The predicted molar refractivity (Wildman–Crippen MR) is 103 cm³/mol. The van der Waals surface area contributed by atoms with E-state index in [0.29, 0.717) is 0 Å². The van der Waals surface area contributed by atoms with Crippen LogP contribution in [0.15, 0.2) is 24.5 Å². The van der Waals surface area contributed by atoms with Gasteiger partial charge in [0.05, 0.1) is 13.2 Å². The second-order valence-corrected chi connectivity index (χ2v) is 6.55. The standard InChI is InChI=1S/C20H28N4O/c1-4-5-6-17-19(24-11-13-25-14-12-24)8-10-22-20(17)23-18-7-9-21-16(3)15(18)2/h7-10H,4-6,11-14H2,1-3H3,(H,21,22,23). The van der Waals surface area contributed by atoms with E-state index in [0.717, 1.165) is 56.3 Å². The van der Waals surface area contributed by atoms with Crippen molar-refractivity contribution in [2.75, 3.05) is 36.5 Å². The molecule has 5 nitrogen and oxygen atoms in total. The molecule has 0 aliphatic carbocycles. The summed E-state index contributed by atoms with van der Waals surface area (Å²) in [7, 11) is 0. The van der Waals surface area contributed by atoms with Gasteiger partial charge >= 0.3 is 0 Å². The number of nitrogens with one attached hydrogen (secondary N) is 1. The lowest BCUT2D eigenvalue weighted by Gasteiger charge is -2.31. The van der Waals surface area contributed by atoms with Gasteiger partial charge in [0.1, 0.15) is 5.82 Å². The van der Waals surface area contributed by atoms with Crippen LogP contribution < -0.4 is 10.2 Å². The highest BCUT2D eigenvalue weighted by molar-refractivity contribution is 5.69. The molecule has 0 spiro atoms. The topological polar surface area (TPSA) is 50.3 Å². The van der Waals surface area contributed by atoms with Gasteiger partial charge in [-0.3, -0.25) is 4.98 Å². The fourth-order valence-corrected chi connectivity index (χ4v) is 3.19. The van der Waals surface area contributed by atoms with Crippen LogP contribution in [0.4, 0.5) is 17.2 Å². The molecule has 0 saturated carbocycles. The average molecular weight is 340 g/mol. The van der Waals surface area contributed by atoms with Gasteiger partial charge in [-0.1, -0.05) is 13.3 Å². The average Bonchev–Trinajstić information content (AvgIpc) is 2.65. The van der Waals surface area contributed by atoms with E-state index < -0.39 is 0 Å². The van der Waals surface area contributed by atoms with E-state index in [1.54, 1.807) is 0 Å². The van der Waals surface area contributed by atoms with Crippen LogP contribution in [0.2, 0.25) is 0 Å². The van der Waals surface area contributed by atoms with Gasteiger partial charge < -0.3 is 15.0 Å². The van der Waals surface area contributed by atoms with Crippen LogP contribution in [0, 0.1) is 13.8 Å². The highest BCUT2D eigenvalue weighted by Crippen LogP contribution is 2.31. The summed E-state index contributed by atoms with van der Waals surface area (Å²) in [6, 6.07) is 4.17. The van der Waals surface area contributed by atoms with Gasteiger partial charge in [0.15, 0.2) is 0 Å². The van der Waals surface area contributed by atoms with Crippen molar-refractivity contribution in [3.8, 4) is 0 Å². The molecule has 5 heteroatoms. The third kappa shape index (κ3) is 4.10. The van der Waals surface area contributed by atoms with Gasteiger partial charge in [-0.2, -0.15) is 0 Å². The monoisotopic (exact) mass is 340 g/mol. The maximum atomic E-state index is 5.52. The van der Waals surface area contributed by atoms with E-state index in [-0.39, 0.29) is 0 Å². The molecule has 3 rings (SSSR count). The summed E-state index contributed by atoms with van der Waals surface area (Å²) in [6.45, 7) is 9.83. The van der Waals surface area contributed by atoms with Crippen LogP contribution in [0.3, 0.4) is 0 Å². The molecule has 1 saturated heterocycles. The third-order valence-electron chi connectivity index (χ3n) is 4.87. The first-order valence-corrected chi connectivity index (χ1v) is 9.20. The van der Waals surface area contributed by atoms with Crippen LogP contribution in [0.5, 0.6) is 0 Å². The number of pyridine rings is 2. The summed E-state index contributed by atoms with van der Waals surface area (Å²) in [5.41, 5.74) is 5.89. The first kappa shape index (κ1) is 17.7. The van der Waals surface area contributed by atoms with Crippen LogP contribution in [0.1, 0.15) is 36.6 Å². The van der Waals surface area contributed by atoms with Gasteiger partial charge in [0.2, 0.25) is 0 Å². The van der Waals surface area contributed by atoms with Gasteiger partial charge in [0.25, 0.3) is 0 Å². The molecule has 1 N–H and O–H groups in total. The molecule has 2 aromatic heterocycles. The minimum absolute atomic E-state index is 0.793. The quantitative estimate of drug-likeness (QED) is 0.861. The summed E-state index contributed by atoms with van der Waals surface area (Å²) in [5, 5.41) is 3.56. The molecule has 134 valence electrons. The van der Waals surface area contributed by atoms with Crippen molar-refractivity contribution in [3.63, 3.8) is 0 Å². The third-order valence-corrected chi connectivity index (χ3v) is 4.87. The van der Waals surface area contributed by atoms with E-state index in [1.165, 1.54) is 23.2 Å². The molecule has 0 bridgehead atoms. The number of morpholine rings is 1. The maximum Gasteiger partial charge on any atom is 0.135 e. The number of aromatic nitrogens is 2. The smallest absolute Gasteiger partial charge is 0.135 e. The molecule has 2 aromatic rings. The summed E-state index contributed by atoms with van der Waals surface area (Å²) in [5.74, 6) is 0.964. The van der Waals surface area contributed by atoms with E-state index in [2.05, 4.69) is 40.1 Å². The van der Waals surface area contributed by atoms with Gasteiger partial charge in [-0.05, 0) is 44.4 Å². The normalized spacial score (nSPS) is 14.6. The number of anilines is 3. The molecule has 25 heavy (non-hydrogen) atoms. The molecule has 0 amide bonds. The zero-order valence-corrected chi connectivity index (χ0v) is 15.5. The SMILES string of the molecule is CCCCc1c(N2CCOCC2)ccnc1Nc1ccnc(C)c1C. The number of hydrogen-bond acceptors (Lipinski definition) is 5. The lowest BCUT2D eigenvalue weighted by Crippen LogP contribution is -2.37. The molecule has 0 unspecified atom stereocenters. The number of unbranched alkanes of at least 4 members (excludes halogenated alkanes) is 1. The molecular formula is C20H28N4O. The minimum Gasteiger partial charge on any atom is -0.378 e. The molecule has 0 atom stereocenters. The first-order valence-electron chi connectivity index (χ1n) is 9.20. The van der Waals surface area contributed by atoms with Crippen LogP contribution >= 0.6 is 0 Å². The number of hydrogen-bond donors (Lipinski definition) is 1. The van der Waals surface area contributed by atoms with Crippen LogP contribution in [-0.2, 0) is 11.2 Å². The molecule has 1 aliphatic rings. The zero-order chi connectivity index (χ0) is 17.6. The molecule has 1 fully saturated rings. The van der Waals surface area contributed by atoms with Crippen molar-refractivity contribution in [2.45, 2.75) is 40.0 Å². The maximum absolute atomic E-state index is 5.52. The molecule has 1 aliphatic heterocycles. The van der Waals surface area contributed by atoms with E-state index >= 15 is 0 Å². The second kappa shape index (κ2) is 8.30. The van der Waals surface area contributed by atoms with E-state index in [1.807, 2.05) is 25.4 Å². The number of ether oxygens (including phenoxy) is 1. The summed E-state index contributed by atoms with van der Waals surface area (Å²) < 4.78 is 5.52. The Kier molecular flexibility index (Phi) is 5.87. The number of rotatable bonds is 6. The molecule has 0 radical (unpaired) electrons. The lowest BCUT2D eigenvalue weighted by molar-refractivity contribution is 0.122. The molecule has 0 aromatic carbocycles. The Balaban J connectivity index is 1.95. The largest absolute Gasteiger partial charge is 0.378 e. The molecular weight excluding hydrogens is 312 g/mol. The Hall–Kier alpha value is -2.14.